The van der Waals surface area contributed by atoms with Crippen LogP contribution in [0.2, 0.25) is 0 Å². The fourth-order valence-corrected chi connectivity index (χ4v) is 3.54. The molecule has 4 rings (SSSR count). The smallest absolute Gasteiger partial charge is 0.124 e. The molecule has 1 unspecified atom stereocenters. The Morgan fingerprint density at radius 3 is 2.96 bits per heavy atom. The summed E-state index contributed by atoms with van der Waals surface area (Å²) in [5.74, 6) is 1.86. The molecular weight excluding hydrogens is 342 g/mol. The van der Waals surface area contributed by atoms with Gasteiger partial charge in [-0.15, -0.1) is 0 Å². The molecule has 2 aromatic carbocycles. The fourth-order valence-electron chi connectivity index (χ4n) is 3.54. The maximum absolute atomic E-state index is 5.89. The SMILES string of the molecule is COCCn1ncc2ccc(NCc3cc4c(cc3OC)CC(C)O4)cc21. The van der Waals surface area contributed by atoms with E-state index in [4.69, 9.17) is 14.2 Å². The van der Waals surface area contributed by atoms with Crippen LogP contribution in [-0.4, -0.2) is 36.7 Å². The van der Waals surface area contributed by atoms with Gasteiger partial charge < -0.3 is 19.5 Å². The van der Waals surface area contributed by atoms with Crippen LogP contribution in [0.3, 0.4) is 0 Å². The number of nitrogens with zero attached hydrogens (tertiary/aromatic N) is 2. The number of nitrogens with one attached hydrogen (secondary N) is 1. The normalized spacial score (nSPS) is 15.6. The Morgan fingerprint density at radius 1 is 1.26 bits per heavy atom. The fraction of sp³-hybridized carbons (Fsp3) is 0.381. The zero-order valence-corrected chi connectivity index (χ0v) is 16.0. The molecular formula is C21H25N3O3. The summed E-state index contributed by atoms with van der Waals surface area (Å²) in [5.41, 5.74) is 4.43. The van der Waals surface area contributed by atoms with E-state index < -0.39 is 0 Å². The molecule has 3 aromatic rings. The van der Waals surface area contributed by atoms with Crippen molar-refractivity contribution in [2.45, 2.75) is 32.5 Å². The van der Waals surface area contributed by atoms with E-state index in [1.807, 2.05) is 10.9 Å². The number of rotatable bonds is 7. The van der Waals surface area contributed by atoms with Gasteiger partial charge in [-0.25, -0.2) is 0 Å². The van der Waals surface area contributed by atoms with E-state index in [1.54, 1.807) is 14.2 Å². The Balaban J connectivity index is 1.54. The minimum absolute atomic E-state index is 0.225. The first-order chi connectivity index (χ1) is 13.2. The second-order valence-corrected chi connectivity index (χ2v) is 6.89. The van der Waals surface area contributed by atoms with Crippen molar-refractivity contribution in [2.24, 2.45) is 0 Å². The Kier molecular flexibility index (Phi) is 4.90. The summed E-state index contributed by atoms with van der Waals surface area (Å²) >= 11 is 0. The van der Waals surface area contributed by atoms with Crippen molar-refractivity contribution in [3.05, 3.63) is 47.7 Å². The summed E-state index contributed by atoms with van der Waals surface area (Å²) in [6, 6.07) is 10.5. The van der Waals surface area contributed by atoms with Crippen LogP contribution in [-0.2, 0) is 24.2 Å². The Labute approximate surface area is 159 Å². The van der Waals surface area contributed by atoms with Gasteiger partial charge in [0, 0.05) is 42.3 Å². The predicted molar refractivity (Wildman–Crippen MR) is 106 cm³/mol. The van der Waals surface area contributed by atoms with Crippen LogP contribution in [0.15, 0.2) is 36.5 Å². The summed E-state index contributed by atoms with van der Waals surface area (Å²) in [6.07, 6.45) is 3.04. The Bertz CT molecular complexity index is 951. The highest BCUT2D eigenvalue weighted by Crippen LogP contribution is 2.35. The molecule has 142 valence electrons. The summed E-state index contributed by atoms with van der Waals surface area (Å²) < 4.78 is 18.6. The third kappa shape index (κ3) is 3.57. The average Bonchev–Trinajstić information content (AvgIpc) is 3.25. The highest BCUT2D eigenvalue weighted by molar-refractivity contribution is 5.82. The van der Waals surface area contributed by atoms with Crippen molar-refractivity contribution in [1.29, 1.82) is 0 Å². The molecule has 1 aromatic heterocycles. The number of hydrogen-bond acceptors (Lipinski definition) is 5. The van der Waals surface area contributed by atoms with Crippen molar-refractivity contribution in [3.63, 3.8) is 0 Å². The van der Waals surface area contributed by atoms with Crippen molar-refractivity contribution >= 4 is 16.6 Å². The third-order valence-corrected chi connectivity index (χ3v) is 4.93. The quantitative estimate of drug-likeness (QED) is 0.691. The number of methoxy groups -OCH3 is 2. The van der Waals surface area contributed by atoms with Gasteiger partial charge in [-0.3, -0.25) is 4.68 Å². The topological polar surface area (TPSA) is 57.5 Å². The molecule has 1 aliphatic heterocycles. The average molecular weight is 367 g/mol. The van der Waals surface area contributed by atoms with Crippen LogP contribution in [0, 0.1) is 0 Å². The summed E-state index contributed by atoms with van der Waals surface area (Å²) in [6.45, 7) is 4.12. The van der Waals surface area contributed by atoms with Gasteiger partial charge in [0.15, 0.2) is 0 Å². The van der Waals surface area contributed by atoms with Gasteiger partial charge in [0.05, 0.1) is 32.0 Å². The number of benzene rings is 2. The van der Waals surface area contributed by atoms with Gasteiger partial charge in [-0.05, 0) is 37.3 Å². The molecule has 2 heterocycles. The molecule has 0 amide bonds. The summed E-state index contributed by atoms with van der Waals surface area (Å²) in [7, 11) is 3.41. The van der Waals surface area contributed by atoms with E-state index in [9.17, 15) is 0 Å². The molecule has 0 spiro atoms. The lowest BCUT2D eigenvalue weighted by Gasteiger charge is -2.13. The van der Waals surface area contributed by atoms with Crippen LogP contribution in [0.5, 0.6) is 11.5 Å². The van der Waals surface area contributed by atoms with E-state index in [2.05, 4.69) is 47.7 Å². The minimum Gasteiger partial charge on any atom is -0.496 e. The second kappa shape index (κ2) is 7.48. The summed E-state index contributed by atoms with van der Waals surface area (Å²) in [5, 5.41) is 9.05. The number of anilines is 1. The minimum atomic E-state index is 0.225. The maximum atomic E-state index is 5.89. The maximum Gasteiger partial charge on any atom is 0.124 e. The van der Waals surface area contributed by atoms with E-state index in [0.29, 0.717) is 13.2 Å². The van der Waals surface area contributed by atoms with Crippen LogP contribution < -0.4 is 14.8 Å². The van der Waals surface area contributed by atoms with Crippen molar-refractivity contribution in [3.8, 4) is 11.5 Å². The number of fused-ring (bicyclic) bond motifs is 2. The third-order valence-electron chi connectivity index (χ3n) is 4.93. The number of ether oxygens (including phenoxy) is 3. The predicted octanol–water partition coefficient (Wildman–Crippen LogP) is 3.63. The monoisotopic (exact) mass is 367 g/mol. The van der Waals surface area contributed by atoms with Crippen LogP contribution >= 0.6 is 0 Å². The van der Waals surface area contributed by atoms with E-state index in [0.717, 1.165) is 46.6 Å². The van der Waals surface area contributed by atoms with Crippen LogP contribution in [0.25, 0.3) is 10.9 Å². The summed E-state index contributed by atoms with van der Waals surface area (Å²) in [4.78, 5) is 0. The molecule has 1 N–H and O–H groups in total. The zero-order valence-electron chi connectivity index (χ0n) is 16.0. The van der Waals surface area contributed by atoms with Gasteiger partial charge >= 0.3 is 0 Å². The molecule has 0 radical (unpaired) electrons. The standard InChI is InChI=1S/C21H25N3O3/c1-14-8-16-9-20(26-3)17(10-21(16)27-14)12-22-18-5-4-15-13-23-24(6-7-25-2)19(15)11-18/h4-5,9-11,13-14,22H,6-8,12H2,1-3H3. The number of hydrogen-bond donors (Lipinski definition) is 1. The molecule has 0 saturated carbocycles. The van der Waals surface area contributed by atoms with Crippen molar-refractivity contribution in [1.82, 2.24) is 9.78 Å². The first-order valence-electron chi connectivity index (χ1n) is 9.22. The van der Waals surface area contributed by atoms with E-state index in [1.165, 1.54) is 5.56 Å². The van der Waals surface area contributed by atoms with Gasteiger partial charge in [-0.1, -0.05) is 0 Å². The first-order valence-corrected chi connectivity index (χ1v) is 9.22. The molecule has 1 aliphatic rings. The molecule has 0 aliphatic carbocycles. The zero-order chi connectivity index (χ0) is 18.8. The van der Waals surface area contributed by atoms with Crippen LogP contribution in [0.1, 0.15) is 18.1 Å². The molecule has 1 atom stereocenters. The van der Waals surface area contributed by atoms with Gasteiger partial charge in [-0.2, -0.15) is 5.10 Å². The number of aromatic nitrogens is 2. The lowest BCUT2D eigenvalue weighted by molar-refractivity contribution is 0.185. The Morgan fingerprint density at radius 2 is 2.15 bits per heavy atom. The first kappa shape index (κ1) is 17.7. The second-order valence-electron chi connectivity index (χ2n) is 6.89. The van der Waals surface area contributed by atoms with E-state index >= 15 is 0 Å². The van der Waals surface area contributed by atoms with E-state index in [-0.39, 0.29) is 6.10 Å². The largest absolute Gasteiger partial charge is 0.496 e. The van der Waals surface area contributed by atoms with Gasteiger partial charge in [0.2, 0.25) is 0 Å². The molecule has 0 saturated heterocycles. The van der Waals surface area contributed by atoms with Gasteiger partial charge in [0.1, 0.15) is 17.6 Å². The highest BCUT2D eigenvalue weighted by atomic mass is 16.5. The van der Waals surface area contributed by atoms with Gasteiger partial charge in [0.25, 0.3) is 0 Å². The lowest BCUT2D eigenvalue weighted by atomic mass is 10.1. The molecule has 6 heteroatoms. The van der Waals surface area contributed by atoms with Crippen molar-refractivity contribution in [2.75, 3.05) is 26.1 Å². The molecule has 0 fully saturated rings. The molecule has 27 heavy (non-hydrogen) atoms. The molecule has 6 nitrogen and oxygen atoms in total. The lowest BCUT2D eigenvalue weighted by Crippen LogP contribution is -2.06. The molecule has 0 bridgehead atoms. The Hall–Kier alpha value is -2.73. The van der Waals surface area contributed by atoms with Crippen molar-refractivity contribution < 1.29 is 14.2 Å². The van der Waals surface area contributed by atoms with Crippen LogP contribution in [0.4, 0.5) is 5.69 Å². The highest BCUT2D eigenvalue weighted by Gasteiger charge is 2.21.